The number of thiol groups is 3. The van der Waals surface area contributed by atoms with Gasteiger partial charge in [-0.3, -0.25) is 14.4 Å². The number of unbranched alkanes of at least 4 members (excludes halogenated alkanes) is 3. The first-order valence-electron chi connectivity index (χ1n) is 20.3. The van der Waals surface area contributed by atoms with Crippen molar-refractivity contribution in [2.24, 2.45) is 35.5 Å². The maximum Gasteiger partial charge on any atom is 0.306 e. The highest BCUT2D eigenvalue weighted by Gasteiger charge is 2.32. The zero-order valence-corrected chi connectivity index (χ0v) is 35.6. The molecule has 0 amide bonds. The fraction of sp³-hybridized carbons (Fsp3) is 0.786. The molecular weight excluding hydrogens is 713 g/mol. The van der Waals surface area contributed by atoms with E-state index in [0.717, 1.165) is 77.0 Å². The number of benzene rings is 1. The van der Waals surface area contributed by atoms with Crippen molar-refractivity contribution in [3.8, 4) is 5.75 Å². The van der Waals surface area contributed by atoms with Crippen LogP contribution in [0.5, 0.6) is 5.75 Å². The van der Waals surface area contributed by atoms with Gasteiger partial charge in [-0.15, -0.1) is 0 Å². The van der Waals surface area contributed by atoms with Crippen LogP contribution in [-0.4, -0.2) is 38.3 Å². The number of carboxylic acids is 3. The third-order valence-electron chi connectivity index (χ3n) is 11.3. The quantitative estimate of drug-likeness (QED) is 0.0386. The van der Waals surface area contributed by atoms with Crippen LogP contribution in [-0.2, 0) is 14.4 Å². The highest BCUT2D eigenvalue weighted by molar-refractivity contribution is 7.81. The summed E-state index contributed by atoms with van der Waals surface area (Å²) in [5, 5.41) is 40.8. The average molecular weight is 785 g/mol. The summed E-state index contributed by atoms with van der Waals surface area (Å²) in [6.45, 7) is 12.7. The lowest BCUT2D eigenvalue weighted by atomic mass is 9.83. The maximum absolute atomic E-state index is 12.5. The van der Waals surface area contributed by atoms with Crippen LogP contribution >= 0.6 is 37.9 Å². The molecule has 7 nitrogen and oxygen atoms in total. The minimum absolute atomic E-state index is 0.0611. The Kier molecular flexibility index (Phi) is 24.5. The summed E-state index contributed by atoms with van der Waals surface area (Å²) < 4.78 is 0. The van der Waals surface area contributed by atoms with Crippen LogP contribution in [0.15, 0.2) is 12.1 Å². The zero-order chi connectivity index (χ0) is 39.4. The number of rotatable bonds is 30. The first-order valence-corrected chi connectivity index (χ1v) is 21.8. The minimum Gasteiger partial charge on any atom is -0.507 e. The summed E-state index contributed by atoms with van der Waals surface area (Å²) in [6.07, 6.45) is 14.1. The van der Waals surface area contributed by atoms with E-state index in [9.17, 15) is 34.8 Å². The van der Waals surface area contributed by atoms with Gasteiger partial charge in [0.1, 0.15) is 5.75 Å². The second kappa shape index (κ2) is 26.3. The van der Waals surface area contributed by atoms with Crippen LogP contribution in [0.25, 0.3) is 0 Å². The van der Waals surface area contributed by atoms with Crippen LogP contribution in [0.3, 0.4) is 0 Å². The predicted molar refractivity (Wildman–Crippen MR) is 224 cm³/mol. The van der Waals surface area contributed by atoms with Crippen LogP contribution in [0.1, 0.15) is 190 Å². The van der Waals surface area contributed by atoms with Crippen molar-refractivity contribution in [2.45, 2.75) is 173 Å². The number of aromatic hydroxyl groups is 1. The topological polar surface area (TPSA) is 132 Å². The van der Waals surface area contributed by atoms with E-state index in [2.05, 4.69) is 41.5 Å². The van der Waals surface area contributed by atoms with Gasteiger partial charge in [-0.2, -0.15) is 37.9 Å². The molecule has 0 saturated carbocycles. The van der Waals surface area contributed by atoms with Crippen molar-refractivity contribution in [1.82, 2.24) is 0 Å². The highest BCUT2D eigenvalue weighted by Crippen LogP contribution is 2.46. The molecule has 1 aromatic rings. The molecule has 0 aliphatic rings. The highest BCUT2D eigenvalue weighted by atomic mass is 32.1. The van der Waals surface area contributed by atoms with Crippen LogP contribution < -0.4 is 0 Å². The van der Waals surface area contributed by atoms with Crippen LogP contribution in [0.2, 0.25) is 0 Å². The van der Waals surface area contributed by atoms with E-state index in [4.69, 9.17) is 37.9 Å². The molecule has 0 spiro atoms. The molecule has 0 aliphatic heterocycles. The summed E-state index contributed by atoms with van der Waals surface area (Å²) >= 11 is 14.7. The fourth-order valence-corrected chi connectivity index (χ4v) is 8.95. The molecule has 0 radical (unpaired) electrons. The Labute approximate surface area is 332 Å². The molecule has 1 aromatic carbocycles. The third-order valence-corrected chi connectivity index (χ3v) is 12.8. The van der Waals surface area contributed by atoms with Gasteiger partial charge in [-0.1, -0.05) is 119 Å². The standard InChI is InChI=1S/C42H72O7S3/c1-7-13-16-27(10-4)19-31(40(44)45)24-36(50)30-22-34(37(51)25-32(41(46)47)20-28(11-5)17-14-8-2)39(43)35(23-30)38(52)26-33(42(48)49)21-29(12-6)18-15-9-3/h22-23,27-29,31-33,36-38,43,50-52H,7-21,24-26H2,1-6H3,(H,44,45)(H,46,47)(H,48,49). The van der Waals surface area contributed by atoms with E-state index in [0.29, 0.717) is 41.9 Å². The van der Waals surface area contributed by atoms with Crippen LogP contribution in [0, 0.1) is 35.5 Å². The molecule has 0 heterocycles. The predicted octanol–water partition coefficient (Wildman–Crippen LogP) is 12.4. The number of aliphatic carboxylic acids is 3. The molecule has 4 N–H and O–H groups in total. The molecule has 300 valence electrons. The Balaban J connectivity index is 3.64. The van der Waals surface area contributed by atoms with Crippen molar-refractivity contribution < 1.29 is 34.8 Å². The van der Waals surface area contributed by atoms with Crippen molar-refractivity contribution >= 4 is 55.8 Å². The van der Waals surface area contributed by atoms with Gasteiger partial charge in [-0.25, -0.2) is 0 Å². The van der Waals surface area contributed by atoms with Gasteiger partial charge in [0.05, 0.1) is 17.8 Å². The SMILES string of the molecule is CCCCC(CC)CC(CC(S)c1cc(C(S)CC(CC(CC)CCCC)C(=O)O)c(O)c(C(S)CC(CC(CC)CCCC)C(=O)O)c1)C(=O)O. The van der Waals surface area contributed by atoms with Gasteiger partial charge in [-0.05, 0) is 74.0 Å². The Morgan fingerprint density at radius 2 is 0.808 bits per heavy atom. The molecule has 0 aliphatic carbocycles. The summed E-state index contributed by atoms with van der Waals surface area (Å²) in [5.74, 6) is -3.79. The average Bonchev–Trinajstić information content (AvgIpc) is 3.11. The third kappa shape index (κ3) is 16.9. The van der Waals surface area contributed by atoms with Crippen molar-refractivity contribution in [1.29, 1.82) is 0 Å². The van der Waals surface area contributed by atoms with E-state index in [1.165, 1.54) is 0 Å². The van der Waals surface area contributed by atoms with E-state index in [1.807, 2.05) is 0 Å². The molecule has 1 rings (SSSR count). The van der Waals surface area contributed by atoms with Crippen molar-refractivity contribution in [2.75, 3.05) is 0 Å². The fourth-order valence-electron chi connectivity index (χ4n) is 7.65. The number of phenols is 1. The molecule has 0 bridgehead atoms. The lowest BCUT2D eigenvalue weighted by Gasteiger charge is -2.27. The van der Waals surface area contributed by atoms with Gasteiger partial charge >= 0.3 is 17.9 Å². The molecule has 0 saturated heterocycles. The monoisotopic (exact) mass is 784 g/mol. The summed E-state index contributed by atoms with van der Waals surface area (Å²) in [7, 11) is 0. The number of carbonyl (C=O) groups is 3. The van der Waals surface area contributed by atoms with Gasteiger partial charge in [0.2, 0.25) is 0 Å². The number of carboxylic acid groups (broad SMARTS) is 3. The van der Waals surface area contributed by atoms with E-state index >= 15 is 0 Å². The van der Waals surface area contributed by atoms with Crippen molar-refractivity contribution in [3.63, 3.8) is 0 Å². The molecule has 52 heavy (non-hydrogen) atoms. The Hall–Kier alpha value is -1.52. The molecule has 9 atom stereocenters. The van der Waals surface area contributed by atoms with Gasteiger partial charge in [0.25, 0.3) is 0 Å². The van der Waals surface area contributed by atoms with E-state index < -0.39 is 51.4 Å². The number of hydrogen-bond donors (Lipinski definition) is 7. The molecule has 0 fully saturated rings. The minimum atomic E-state index is -0.889. The van der Waals surface area contributed by atoms with Gasteiger partial charge in [0, 0.05) is 26.9 Å². The lowest BCUT2D eigenvalue weighted by molar-refractivity contribution is -0.143. The van der Waals surface area contributed by atoms with E-state index in [1.54, 1.807) is 12.1 Å². The largest absolute Gasteiger partial charge is 0.507 e. The number of phenolic OH excluding ortho intramolecular Hbond substituents is 1. The number of hydrogen-bond acceptors (Lipinski definition) is 7. The van der Waals surface area contributed by atoms with E-state index in [-0.39, 0.29) is 36.8 Å². The molecule has 9 unspecified atom stereocenters. The summed E-state index contributed by atoms with van der Waals surface area (Å²) in [4.78, 5) is 37.6. The Morgan fingerprint density at radius 3 is 1.06 bits per heavy atom. The van der Waals surface area contributed by atoms with Crippen molar-refractivity contribution in [3.05, 3.63) is 28.8 Å². The zero-order valence-electron chi connectivity index (χ0n) is 32.9. The Morgan fingerprint density at radius 1 is 0.519 bits per heavy atom. The second-order valence-electron chi connectivity index (χ2n) is 15.4. The first-order chi connectivity index (χ1) is 24.7. The normalized spacial score (nSPS) is 17.0. The molecule has 0 aromatic heterocycles. The molecule has 10 heteroatoms. The van der Waals surface area contributed by atoms with Crippen LogP contribution in [0.4, 0.5) is 0 Å². The molecular formula is C42H72O7S3. The summed E-state index contributed by atoms with van der Waals surface area (Å²) in [6, 6.07) is 3.59. The van der Waals surface area contributed by atoms with Gasteiger partial charge in [0.15, 0.2) is 0 Å². The Bertz CT molecular complexity index is 1130. The first kappa shape index (κ1) is 48.5. The maximum atomic E-state index is 12.5. The van der Waals surface area contributed by atoms with Gasteiger partial charge < -0.3 is 20.4 Å². The lowest BCUT2D eigenvalue weighted by Crippen LogP contribution is -2.21. The summed E-state index contributed by atoms with van der Waals surface area (Å²) in [5.41, 5.74) is 1.59. The second-order valence-corrected chi connectivity index (χ2v) is 17.2. The smallest absolute Gasteiger partial charge is 0.306 e.